The average molecular weight is 2070 g/mol. The van der Waals surface area contributed by atoms with Gasteiger partial charge in [-0.05, 0) is 144 Å². The number of H-pyrrole nitrogens is 6. The molecule has 2 aliphatic rings. The number of aryl methyl sites for hydroxylation is 3. The Morgan fingerprint density at radius 1 is 0.465 bits per heavy atom. The first-order valence-electron chi connectivity index (χ1n) is 45.8. The highest BCUT2D eigenvalue weighted by Gasteiger charge is 2.31. The first-order chi connectivity index (χ1) is 69.8. The number of nitrogens with one attached hydrogen (secondary N) is 6. The van der Waals surface area contributed by atoms with E-state index in [2.05, 4.69) is 132 Å². The molecule has 15 heterocycles. The van der Waals surface area contributed by atoms with Gasteiger partial charge < -0.3 is 68.0 Å². The summed E-state index contributed by atoms with van der Waals surface area (Å²) in [6.45, 7) is 16.2. The van der Waals surface area contributed by atoms with Gasteiger partial charge in [0.15, 0.2) is 37.1 Å². The zero-order chi connectivity index (χ0) is 101. The molecule has 41 heteroatoms. The van der Waals surface area contributed by atoms with Gasteiger partial charge in [-0.2, -0.15) is 4.98 Å². The number of imidazole rings is 6. The molecule has 0 spiro atoms. The van der Waals surface area contributed by atoms with Crippen molar-refractivity contribution in [2.45, 2.75) is 138 Å². The SMILES string of the molecule is CC(C)CN(C)c1ccccc1CS(=O)c1nc2ccccc2[nH]1.COc1c(C)cnc(CS(=O)c2nc3ncc(C4=NCCO4)cc3[nH]2)c1C.COc1ccc2[nH]c(S(=O)Cc3ncc(C)c(OC)c3C)nc2n1.COc1ccnc(-c2cccc(C)c2S(=O)c2nc3ccccc3[nH]2)c1.COc1ccnc(CS(=O)c2nc3cscc3[nH]2)c1.COc1ccnc2c1CCCCC2S(=O)c1nc2ccccc2[nH]1. The Hall–Kier alpha value is -14.4. The topological polar surface area (TPSA) is 445 Å². The van der Waals surface area contributed by atoms with Crippen LogP contribution in [0.2, 0.25) is 0 Å². The third-order valence-electron chi connectivity index (χ3n) is 23.4. The summed E-state index contributed by atoms with van der Waals surface area (Å²) in [5.74, 6) is 6.68. The second kappa shape index (κ2) is 47.7. The molecule has 34 nitrogen and oxygen atoms in total. The molecule has 6 N–H and O–H groups in total. The standard InChI is InChI=1S/C20H17N3O2S.C19H23N3OS.C18H19N5O3S.C18H19N3O2S.C16H18N4O3S.C12H11N3O2S2/c1-13-6-5-7-15(18-12-14(25-2)10-11-21-18)19(13)26(24)20-22-16-8-3-4-9-17(16)23-20;1-14(2)12-22(3)18-11-7-4-8-15(18)13-24(23)19-20-16-9-5-6-10-17(16)21-19;1-10-7-20-14(11(2)15(10)25-3)9-27(24)18-22-13-6-12(8-21-16(13)23-18)17-19-4-5-26-17;1-23-15-10-11-19-17-12(15)6-2-5-9-16(17)24(22)18-20-13-7-3-4-8-14(13)21-18;1-9-7-17-12(10(2)14(9)23-4)8-24(21)16-18-11-5-6-13(22-3)19-15(11)20-16;1-17-9-2-3-13-8(4-9)7-19(16)12-14-10-5-18-6-11(10)15-12/h3-12H,1-2H3,(H,22,23);4-11,14H,12-13H2,1-3H3,(H,20,21);6-8H,4-5,9H2,1-3H3,(H,21,22,23);3-4,7-8,10-11,16H,2,5-6,9H2,1H3,(H,20,21);5-7H,8H2,1-4H3,(H,18,19,20);2-6H,7H2,1H3,(H,14,15). The number of aromatic amines is 6. The number of thiophene rings is 1. The summed E-state index contributed by atoms with van der Waals surface area (Å²) in [6.07, 6.45) is 14.0. The summed E-state index contributed by atoms with van der Waals surface area (Å²) in [5.41, 5.74) is 22.6. The van der Waals surface area contributed by atoms with E-state index in [4.69, 9.17) is 33.2 Å². The first-order valence-corrected chi connectivity index (χ1v) is 54.4. The number of nitrogens with zero attached hydrogens (tertiary/aromatic N) is 15. The van der Waals surface area contributed by atoms with Crippen LogP contribution >= 0.6 is 11.3 Å². The van der Waals surface area contributed by atoms with Crippen LogP contribution in [-0.4, -0.2) is 195 Å². The molecule has 14 aromatic heterocycles. The van der Waals surface area contributed by atoms with E-state index in [9.17, 15) is 25.3 Å². The lowest BCUT2D eigenvalue weighted by Gasteiger charge is -2.24. The van der Waals surface area contributed by atoms with Gasteiger partial charge in [0.05, 0.1) is 220 Å². The smallest absolute Gasteiger partial charge is 0.217 e. The van der Waals surface area contributed by atoms with E-state index in [0.29, 0.717) is 118 Å². The predicted molar refractivity (Wildman–Crippen MR) is 563 cm³/mol. The summed E-state index contributed by atoms with van der Waals surface area (Å²) in [5, 5.41) is 6.45. The van der Waals surface area contributed by atoms with Crippen molar-refractivity contribution in [1.29, 1.82) is 0 Å². The highest BCUT2D eigenvalue weighted by molar-refractivity contribution is 7.86. The zero-order valence-corrected chi connectivity index (χ0v) is 87.2. The van der Waals surface area contributed by atoms with Crippen molar-refractivity contribution in [3.63, 3.8) is 0 Å². The van der Waals surface area contributed by atoms with E-state index in [0.717, 1.165) is 172 Å². The van der Waals surface area contributed by atoms with Crippen LogP contribution in [0.4, 0.5) is 5.69 Å². The lowest BCUT2D eigenvalue weighted by molar-refractivity contribution is 0.348. The summed E-state index contributed by atoms with van der Waals surface area (Å²) in [7, 11) is 3.83. The molecule has 0 amide bonds. The van der Waals surface area contributed by atoms with Crippen LogP contribution in [0.15, 0.2) is 253 Å². The van der Waals surface area contributed by atoms with Crippen LogP contribution in [0.25, 0.3) is 77.7 Å². The van der Waals surface area contributed by atoms with Crippen LogP contribution in [0, 0.1) is 40.5 Å². The third kappa shape index (κ3) is 24.4. The lowest BCUT2D eigenvalue weighted by atomic mass is 10.1. The van der Waals surface area contributed by atoms with E-state index < -0.39 is 64.8 Å². The lowest BCUT2D eigenvalue weighted by Crippen LogP contribution is -2.23. The minimum absolute atomic E-state index is 0.154. The Labute approximate surface area is 849 Å². The van der Waals surface area contributed by atoms with Crippen LogP contribution in [0.5, 0.6) is 34.6 Å². The molecule has 0 fully saturated rings. The molecule has 0 bridgehead atoms. The number of rotatable bonds is 27. The first kappa shape index (κ1) is 103. The van der Waals surface area contributed by atoms with Crippen molar-refractivity contribution in [3.05, 3.63) is 279 Å². The molecule has 0 saturated heterocycles. The fourth-order valence-electron chi connectivity index (χ4n) is 16.3. The third-order valence-corrected chi connectivity index (χ3v) is 31.8. The van der Waals surface area contributed by atoms with Gasteiger partial charge in [-0.3, -0.25) is 46.0 Å². The van der Waals surface area contributed by atoms with Crippen molar-refractivity contribution in [1.82, 2.24) is 94.7 Å². The molecule has 0 saturated carbocycles. The molecule has 744 valence electrons. The van der Waals surface area contributed by atoms with Crippen molar-refractivity contribution in [2.24, 2.45) is 10.9 Å². The number of anilines is 1. The van der Waals surface area contributed by atoms with E-state index in [1.807, 2.05) is 173 Å². The maximum atomic E-state index is 13.3. The van der Waals surface area contributed by atoms with E-state index in [1.54, 1.807) is 122 Å². The average Bonchev–Trinajstić information content (AvgIpc) is 1.44. The molecule has 144 heavy (non-hydrogen) atoms. The Morgan fingerprint density at radius 3 is 1.65 bits per heavy atom. The Kier molecular flexibility index (Phi) is 34.0. The molecular formula is C103H107N21O13S7. The normalized spacial score (nSPS) is 14.0. The molecule has 5 aromatic carbocycles. The number of methoxy groups -OCH3 is 6. The minimum Gasteiger partial charge on any atom is -0.497 e. The summed E-state index contributed by atoms with van der Waals surface area (Å²) < 4.78 is 114. The minimum atomic E-state index is -1.46. The maximum Gasteiger partial charge on any atom is 0.217 e. The van der Waals surface area contributed by atoms with Crippen molar-refractivity contribution in [3.8, 4) is 45.9 Å². The Morgan fingerprint density at radius 2 is 1.03 bits per heavy atom. The van der Waals surface area contributed by atoms with E-state index in [-0.39, 0.29) is 16.8 Å². The number of hydrogen-bond donors (Lipinski definition) is 6. The second-order valence-corrected chi connectivity index (χ2v) is 42.8. The number of pyridine rings is 7. The fourth-order valence-corrected chi connectivity index (χ4v) is 24.1. The van der Waals surface area contributed by atoms with Gasteiger partial charge >= 0.3 is 0 Å². The maximum absolute atomic E-state index is 13.3. The highest BCUT2D eigenvalue weighted by Crippen LogP contribution is 2.40. The van der Waals surface area contributed by atoms with Gasteiger partial charge in [0, 0.05) is 119 Å². The summed E-state index contributed by atoms with van der Waals surface area (Å²) in [6, 6.07) is 51.6. The van der Waals surface area contributed by atoms with E-state index in [1.165, 1.54) is 0 Å². The van der Waals surface area contributed by atoms with Crippen molar-refractivity contribution >= 4 is 154 Å². The van der Waals surface area contributed by atoms with Gasteiger partial charge in [0.25, 0.3) is 0 Å². The van der Waals surface area contributed by atoms with E-state index >= 15 is 0 Å². The highest BCUT2D eigenvalue weighted by atomic mass is 32.2. The number of benzene rings is 5. The molecule has 7 unspecified atom stereocenters. The van der Waals surface area contributed by atoms with Gasteiger partial charge in [-0.15, -0.1) is 11.3 Å². The number of hydrogen-bond acceptors (Lipinski definition) is 29. The summed E-state index contributed by atoms with van der Waals surface area (Å²) in [4.78, 5) is 82.9. The van der Waals surface area contributed by atoms with Crippen LogP contribution < -0.4 is 33.3 Å². The molecule has 7 atom stereocenters. The zero-order valence-electron chi connectivity index (χ0n) is 81.5. The second-order valence-electron chi connectivity index (χ2n) is 33.7. The molecule has 0 radical (unpaired) electrons. The number of fused-ring (bicyclic) bond motifs is 7. The Balaban J connectivity index is 0.000000124. The van der Waals surface area contributed by atoms with Crippen molar-refractivity contribution in [2.75, 3.05) is 74.3 Å². The fraction of sp³-hybridized carbons (Fsp3) is 0.262. The van der Waals surface area contributed by atoms with Crippen molar-refractivity contribution < 1.29 is 58.4 Å². The van der Waals surface area contributed by atoms with Gasteiger partial charge in [0.2, 0.25) is 16.9 Å². The monoisotopic (exact) mass is 2070 g/mol. The molecule has 1 aliphatic carbocycles. The van der Waals surface area contributed by atoms with Crippen LogP contribution in [-0.2, 0) is 99.0 Å². The predicted octanol–water partition coefficient (Wildman–Crippen LogP) is 18.3. The molecule has 19 aromatic rings. The van der Waals surface area contributed by atoms with Crippen LogP contribution in [0.3, 0.4) is 0 Å². The van der Waals surface area contributed by atoms with Gasteiger partial charge in [-0.1, -0.05) is 93.1 Å². The quantitative estimate of drug-likeness (QED) is 0.0260. The largest absolute Gasteiger partial charge is 0.497 e. The van der Waals surface area contributed by atoms with Crippen LogP contribution in [0.1, 0.15) is 106 Å². The number of aliphatic imine (C=N–C) groups is 1. The number of ether oxygens (including phenoxy) is 7. The number of para-hydroxylation sites is 7. The summed E-state index contributed by atoms with van der Waals surface area (Å²) >= 11 is 1.57. The van der Waals surface area contributed by atoms with Gasteiger partial charge in [0.1, 0.15) is 51.7 Å². The molecule has 1 aliphatic heterocycles. The molecule has 21 rings (SSSR count). The number of aromatic nitrogens is 19. The Bertz CT molecular complexity index is 7870. The van der Waals surface area contributed by atoms with Gasteiger partial charge in [-0.25, -0.2) is 44.1 Å². The molecular weight excluding hydrogens is 1960 g/mol.